The van der Waals surface area contributed by atoms with Crippen LogP contribution < -0.4 is 10.5 Å². The Balaban J connectivity index is 2.65. The van der Waals surface area contributed by atoms with E-state index in [1.807, 2.05) is 13.8 Å². The lowest BCUT2D eigenvalue weighted by Gasteiger charge is -2.25. The Hall–Kier alpha value is -1.69. The number of hydrogen-bond donors (Lipinski definition) is 1. The summed E-state index contributed by atoms with van der Waals surface area (Å²) in [6, 6.07) is 3.23. The smallest absolute Gasteiger partial charge is 0.273 e. The highest BCUT2D eigenvalue weighted by Gasteiger charge is 2.21. The van der Waals surface area contributed by atoms with Crippen molar-refractivity contribution in [3.63, 3.8) is 0 Å². The van der Waals surface area contributed by atoms with E-state index in [4.69, 9.17) is 10.5 Å². The number of carbonyl (C=O) groups is 1. The fourth-order valence-corrected chi connectivity index (χ4v) is 1.41. The molecule has 2 N–H and O–H groups in total. The maximum Gasteiger partial charge on any atom is 0.273 e. The van der Waals surface area contributed by atoms with Gasteiger partial charge in [-0.2, -0.15) is 0 Å². The van der Waals surface area contributed by atoms with Crippen LogP contribution >= 0.6 is 0 Å². The number of ether oxygens (including phenoxy) is 1. The van der Waals surface area contributed by atoms with Crippen molar-refractivity contribution in [2.45, 2.75) is 32.2 Å². The van der Waals surface area contributed by atoms with Crippen LogP contribution in [0.15, 0.2) is 12.1 Å². The van der Waals surface area contributed by atoms with Crippen LogP contribution in [-0.2, 0) is 0 Å². The van der Waals surface area contributed by atoms with Gasteiger partial charge in [0.2, 0.25) is 5.88 Å². The maximum atomic E-state index is 11.6. The molecule has 0 aliphatic carbocycles. The molecule has 0 saturated heterocycles. The molecular weight excluding hydrogens is 244 g/mol. The average molecular weight is 266 g/mol. The van der Waals surface area contributed by atoms with Gasteiger partial charge in [-0.25, -0.2) is 0 Å². The first-order valence-electron chi connectivity index (χ1n) is 6.39. The normalized spacial score (nSPS) is 11.2. The second kappa shape index (κ2) is 6.47. The predicted octanol–water partition coefficient (Wildman–Crippen LogP) is 1.07. The van der Waals surface area contributed by atoms with Crippen molar-refractivity contribution in [2.75, 3.05) is 20.7 Å². The molecule has 0 radical (unpaired) electrons. The van der Waals surface area contributed by atoms with E-state index in [2.05, 4.69) is 10.2 Å². The van der Waals surface area contributed by atoms with Crippen LogP contribution in [0.2, 0.25) is 0 Å². The molecule has 0 aliphatic rings. The summed E-state index contributed by atoms with van der Waals surface area (Å²) in [4.78, 5) is 13.1. The number of carbonyl (C=O) groups excluding carboxylic acids is 1. The highest BCUT2D eigenvalue weighted by Crippen LogP contribution is 2.14. The van der Waals surface area contributed by atoms with E-state index in [1.54, 1.807) is 26.2 Å². The average Bonchev–Trinajstić information content (AvgIpc) is 2.44. The fourth-order valence-electron chi connectivity index (χ4n) is 1.41. The number of nitrogens with two attached hydrogens (primary N) is 1. The Bertz CT molecular complexity index is 413. The van der Waals surface area contributed by atoms with Crippen molar-refractivity contribution in [1.29, 1.82) is 0 Å². The molecule has 0 aliphatic heterocycles. The quantitative estimate of drug-likeness (QED) is 0.833. The Morgan fingerprint density at radius 1 is 1.32 bits per heavy atom. The van der Waals surface area contributed by atoms with Gasteiger partial charge in [0.15, 0.2) is 5.69 Å². The fraction of sp³-hybridized carbons (Fsp3) is 0.615. The zero-order chi connectivity index (χ0) is 14.5. The number of hydrogen-bond acceptors (Lipinski definition) is 5. The lowest BCUT2D eigenvalue weighted by atomic mass is 9.96. The molecule has 0 aromatic carbocycles. The topological polar surface area (TPSA) is 81.3 Å². The minimum atomic E-state index is -0.347. The Morgan fingerprint density at radius 2 is 1.95 bits per heavy atom. The SMILES string of the molecule is CCC(N)(CC)COc1ccc(C(=O)N(C)C)nn1. The summed E-state index contributed by atoms with van der Waals surface area (Å²) in [6.45, 7) is 4.43. The van der Waals surface area contributed by atoms with Crippen LogP contribution in [0.25, 0.3) is 0 Å². The first-order chi connectivity index (χ1) is 8.91. The number of nitrogens with zero attached hydrogens (tertiary/aromatic N) is 3. The minimum Gasteiger partial charge on any atom is -0.475 e. The molecular formula is C13H22N4O2. The lowest BCUT2D eigenvalue weighted by molar-refractivity contribution is 0.0820. The van der Waals surface area contributed by atoms with E-state index < -0.39 is 0 Å². The highest BCUT2D eigenvalue weighted by molar-refractivity contribution is 5.91. The van der Waals surface area contributed by atoms with Crippen LogP contribution in [0, 0.1) is 0 Å². The minimum absolute atomic E-state index is 0.186. The molecule has 0 fully saturated rings. The van der Waals surface area contributed by atoms with E-state index in [9.17, 15) is 4.79 Å². The molecule has 6 heteroatoms. The Labute approximate surface area is 113 Å². The zero-order valence-corrected chi connectivity index (χ0v) is 12.0. The molecule has 0 spiro atoms. The third-order valence-corrected chi connectivity index (χ3v) is 3.18. The molecule has 19 heavy (non-hydrogen) atoms. The summed E-state index contributed by atoms with van der Waals surface area (Å²) < 4.78 is 5.52. The van der Waals surface area contributed by atoms with Crippen LogP contribution in [0.1, 0.15) is 37.2 Å². The molecule has 1 heterocycles. The summed E-state index contributed by atoms with van der Waals surface area (Å²) in [6.07, 6.45) is 1.66. The van der Waals surface area contributed by atoms with Crippen molar-refractivity contribution in [3.05, 3.63) is 17.8 Å². The van der Waals surface area contributed by atoms with Gasteiger partial charge in [0, 0.05) is 25.7 Å². The Morgan fingerprint density at radius 3 is 2.37 bits per heavy atom. The first kappa shape index (κ1) is 15.4. The van der Waals surface area contributed by atoms with Crippen LogP contribution in [0.4, 0.5) is 0 Å². The van der Waals surface area contributed by atoms with Crippen molar-refractivity contribution in [2.24, 2.45) is 5.73 Å². The second-order valence-electron chi connectivity index (χ2n) is 4.81. The standard InChI is InChI=1S/C13H22N4O2/c1-5-13(14,6-2)9-19-11-8-7-10(15-16-11)12(18)17(3)4/h7-8H,5-6,9,14H2,1-4H3. The van der Waals surface area contributed by atoms with Crippen molar-refractivity contribution in [1.82, 2.24) is 15.1 Å². The van der Waals surface area contributed by atoms with E-state index >= 15 is 0 Å². The first-order valence-corrected chi connectivity index (χ1v) is 6.39. The van der Waals surface area contributed by atoms with Gasteiger partial charge >= 0.3 is 0 Å². The summed E-state index contributed by atoms with van der Waals surface area (Å²) in [5.41, 5.74) is 6.07. The van der Waals surface area contributed by atoms with Gasteiger partial charge in [-0.1, -0.05) is 13.8 Å². The van der Waals surface area contributed by atoms with Crippen LogP contribution in [0.3, 0.4) is 0 Å². The van der Waals surface area contributed by atoms with E-state index in [1.165, 1.54) is 4.90 Å². The van der Waals surface area contributed by atoms with Crippen molar-refractivity contribution in [3.8, 4) is 5.88 Å². The molecule has 1 aromatic rings. The lowest BCUT2D eigenvalue weighted by Crippen LogP contribution is -2.44. The van der Waals surface area contributed by atoms with Gasteiger partial charge in [-0.05, 0) is 18.9 Å². The molecule has 1 rings (SSSR count). The van der Waals surface area contributed by atoms with Gasteiger partial charge in [0.25, 0.3) is 5.91 Å². The molecule has 1 amide bonds. The van der Waals surface area contributed by atoms with Crippen molar-refractivity contribution < 1.29 is 9.53 Å². The summed E-state index contributed by atoms with van der Waals surface area (Å²) in [7, 11) is 3.33. The van der Waals surface area contributed by atoms with Crippen LogP contribution in [0.5, 0.6) is 5.88 Å². The number of rotatable bonds is 6. The molecule has 0 atom stereocenters. The largest absolute Gasteiger partial charge is 0.475 e. The van der Waals surface area contributed by atoms with E-state index in [0.717, 1.165) is 12.8 Å². The highest BCUT2D eigenvalue weighted by atomic mass is 16.5. The van der Waals surface area contributed by atoms with E-state index in [-0.39, 0.29) is 11.4 Å². The molecule has 0 bridgehead atoms. The monoisotopic (exact) mass is 266 g/mol. The van der Waals surface area contributed by atoms with Crippen LogP contribution in [-0.4, -0.2) is 47.2 Å². The molecule has 0 unspecified atom stereocenters. The summed E-state index contributed by atoms with van der Waals surface area (Å²) in [5, 5.41) is 7.72. The van der Waals surface area contributed by atoms with Gasteiger partial charge < -0.3 is 15.4 Å². The molecule has 106 valence electrons. The van der Waals surface area contributed by atoms with Gasteiger partial charge in [-0.3, -0.25) is 4.79 Å². The van der Waals surface area contributed by atoms with Crippen molar-refractivity contribution >= 4 is 5.91 Å². The maximum absolute atomic E-state index is 11.6. The predicted molar refractivity (Wildman–Crippen MR) is 73.0 cm³/mol. The number of aromatic nitrogens is 2. The van der Waals surface area contributed by atoms with Gasteiger partial charge in [0.1, 0.15) is 6.61 Å². The second-order valence-corrected chi connectivity index (χ2v) is 4.81. The number of amides is 1. The summed E-state index contributed by atoms with van der Waals surface area (Å²) >= 11 is 0. The third-order valence-electron chi connectivity index (χ3n) is 3.18. The summed E-state index contributed by atoms with van der Waals surface area (Å²) in [5.74, 6) is 0.196. The molecule has 1 aromatic heterocycles. The Kier molecular flexibility index (Phi) is 5.23. The third kappa shape index (κ3) is 4.17. The molecule has 6 nitrogen and oxygen atoms in total. The molecule has 0 saturated carbocycles. The van der Waals surface area contributed by atoms with Gasteiger partial charge in [-0.15, -0.1) is 10.2 Å². The zero-order valence-electron chi connectivity index (χ0n) is 12.0. The van der Waals surface area contributed by atoms with E-state index in [0.29, 0.717) is 18.2 Å². The van der Waals surface area contributed by atoms with Gasteiger partial charge in [0.05, 0.1) is 0 Å².